The third-order valence-electron chi connectivity index (χ3n) is 4.91. The first kappa shape index (κ1) is 20.5. The monoisotopic (exact) mass is 399 g/mol. The Labute approximate surface area is 168 Å². The first-order valence-corrected chi connectivity index (χ1v) is 9.37. The predicted molar refractivity (Wildman–Crippen MR) is 107 cm³/mol. The van der Waals surface area contributed by atoms with Gasteiger partial charge in [0, 0.05) is 32.9 Å². The molecule has 2 aromatic rings. The number of ketones is 1. The van der Waals surface area contributed by atoms with Crippen LogP contribution in [0, 0.1) is 6.92 Å². The lowest BCUT2D eigenvalue weighted by Crippen LogP contribution is -2.38. The number of methoxy groups -OCH3 is 1. The molecule has 0 bridgehead atoms. The molecular formula is C20H25N5O4. The van der Waals surface area contributed by atoms with Crippen molar-refractivity contribution in [3.05, 3.63) is 40.7 Å². The van der Waals surface area contributed by atoms with E-state index in [1.54, 1.807) is 36.9 Å². The lowest BCUT2D eigenvalue weighted by molar-refractivity contribution is -0.129. The van der Waals surface area contributed by atoms with Crippen molar-refractivity contribution in [3.63, 3.8) is 0 Å². The number of aromatic nitrogens is 2. The minimum atomic E-state index is -0.539. The summed E-state index contributed by atoms with van der Waals surface area (Å²) in [5.74, 6) is -0.835. The van der Waals surface area contributed by atoms with Crippen LogP contribution < -0.4 is 11.1 Å². The average molecular weight is 399 g/mol. The van der Waals surface area contributed by atoms with Crippen LogP contribution >= 0.6 is 0 Å². The fourth-order valence-electron chi connectivity index (χ4n) is 3.47. The average Bonchev–Trinajstić information content (AvgIpc) is 3.02. The Hall–Kier alpha value is -3.20. The van der Waals surface area contributed by atoms with Crippen molar-refractivity contribution in [2.45, 2.75) is 26.8 Å². The molecule has 0 fully saturated rings. The van der Waals surface area contributed by atoms with Gasteiger partial charge in [-0.3, -0.25) is 14.4 Å². The molecule has 0 unspecified atom stereocenters. The third kappa shape index (κ3) is 4.14. The Morgan fingerprint density at radius 1 is 1.31 bits per heavy atom. The number of Topliss-reactive ketones (excluding diaryl/α,β-unsaturated/α-hetero) is 1. The first-order chi connectivity index (χ1) is 13.8. The maximum absolute atomic E-state index is 12.5. The SMILES string of the molecule is COCCCNc1cc(-n2nc(C)c3c2CN(C(C)=O)CC3=O)ccc1C(N)=O. The van der Waals surface area contributed by atoms with Crippen LogP contribution in [0.1, 0.15) is 45.4 Å². The number of nitrogens with zero attached hydrogens (tertiary/aromatic N) is 3. The summed E-state index contributed by atoms with van der Waals surface area (Å²) in [6.07, 6.45) is 0.761. The zero-order chi connectivity index (χ0) is 21.1. The molecular weight excluding hydrogens is 374 g/mol. The maximum atomic E-state index is 12.5. The van der Waals surface area contributed by atoms with Crippen LogP contribution in [-0.2, 0) is 16.1 Å². The summed E-state index contributed by atoms with van der Waals surface area (Å²) in [7, 11) is 1.63. The molecule has 2 heterocycles. The Morgan fingerprint density at radius 2 is 2.07 bits per heavy atom. The van der Waals surface area contributed by atoms with Crippen LogP contribution in [0.15, 0.2) is 18.2 Å². The molecule has 9 nitrogen and oxygen atoms in total. The number of nitrogens with two attached hydrogens (primary N) is 1. The number of aryl methyl sites for hydroxylation is 1. The number of carbonyl (C=O) groups is 3. The highest BCUT2D eigenvalue weighted by Gasteiger charge is 2.31. The minimum Gasteiger partial charge on any atom is -0.385 e. The van der Waals surface area contributed by atoms with Gasteiger partial charge < -0.3 is 20.7 Å². The van der Waals surface area contributed by atoms with Gasteiger partial charge in [-0.15, -0.1) is 0 Å². The zero-order valence-electron chi connectivity index (χ0n) is 16.8. The van der Waals surface area contributed by atoms with Gasteiger partial charge in [-0.1, -0.05) is 0 Å². The summed E-state index contributed by atoms with van der Waals surface area (Å²) >= 11 is 0. The van der Waals surface area contributed by atoms with Crippen LogP contribution in [0.5, 0.6) is 0 Å². The van der Waals surface area contributed by atoms with E-state index in [1.165, 1.54) is 11.8 Å². The van der Waals surface area contributed by atoms with E-state index < -0.39 is 5.91 Å². The normalized spacial score (nSPS) is 13.3. The second-order valence-electron chi connectivity index (χ2n) is 6.98. The fraction of sp³-hybridized carbons (Fsp3) is 0.400. The molecule has 0 radical (unpaired) electrons. The smallest absolute Gasteiger partial charge is 0.250 e. The largest absolute Gasteiger partial charge is 0.385 e. The van der Waals surface area contributed by atoms with Crippen LogP contribution in [0.2, 0.25) is 0 Å². The van der Waals surface area contributed by atoms with E-state index in [-0.39, 0.29) is 18.2 Å². The summed E-state index contributed by atoms with van der Waals surface area (Å²) in [6, 6.07) is 5.13. The molecule has 1 aliphatic rings. The van der Waals surface area contributed by atoms with E-state index in [4.69, 9.17) is 10.5 Å². The fourth-order valence-corrected chi connectivity index (χ4v) is 3.47. The number of fused-ring (bicyclic) bond motifs is 1. The van der Waals surface area contributed by atoms with Crippen LogP contribution in [0.3, 0.4) is 0 Å². The molecule has 1 aromatic heterocycles. The molecule has 0 saturated heterocycles. The molecule has 1 aromatic carbocycles. The molecule has 0 aliphatic carbocycles. The molecule has 0 saturated carbocycles. The van der Waals surface area contributed by atoms with Gasteiger partial charge in [0.05, 0.1) is 41.3 Å². The van der Waals surface area contributed by atoms with E-state index >= 15 is 0 Å². The molecule has 154 valence electrons. The van der Waals surface area contributed by atoms with Crippen LogP contribution in [0.25, 0.3) is 5.69 Å². The molecule has 3 rings (SSSR count). The molecule has 2 amide bonds. The van der Waals surface area contributed by atoms with E-state index in [2.05, 4.69) is 10.4 Å². The Balaban J connectivity index is 2.01. The zero-order valence-corrected chi connectivity index (χ0v) is 16.8. The quantitative estimate of drug-likeness (QED) is 0.677. The number of amides is 2. The van der Waals surface area contributed by atoms with Crippen molar-refractivity contribution in [2.75, 3.05) is 32.1 Å². The van der Waals surface area contributed by atoms with Gasteiger partial charge in [0.25, 0.3) is 5.91 Å². The minimum absolute atomic E-state index is 0.0573. The first-order valence-electron chi connectivity index (χ1n) is 9.37. The highest BCUT2D eigenvalue weighted by Crippen LogP contribution is 2.27. The van der Waals surface area contributed by atoms with Gasteiger partial charge in [0.15, 0.2) is 5.78 Å². The standard InChI is InChI=1S/C20H25N5O4/c1-12-19-17(10-24(13(2)26)11-18(19)27)25(23-12)14-5-6-15(20(21)28)16(9-14)22-7-4-8-29-3/h5-6,9,22H,4,7-8,10-11H2,1-3H3,(H2,21,28). The van der Waals surface area contributed by atoms with Crippen molar-refractivity contribution in [1.82, 2.24) is 14.7 Å². The highest BCUT2D eigenvalue weighted by molar-refractivity contribution is 6.02. The van der Waals surface area contributed by atoms with Gasteiger partial charge in [0.1, 0.15) is 0 Å². The molecule has 1 aliphatic heterocycles. The molecule has 0 atom stereocenters. The van der Waals surface area contributed by atoms with E-state index in [1.807, 2.05) is 0 Å². The van der Waals surface area contributed by atoms with Gasteiger partial charge in [-0.2, -0.15) is 5.10 Å². The molecule has 0 spiro atoms. The molecule has 3 N–H and O–H groups in total. The van der Waals surface area contributed by atoms with Gasteiger partial charge in [-0.25, -0.2) is 4.68 Å². The number of anilines is 1. The van der Waals surface area contributed by atoms with Gasteiger partial charge >= 0.3 is 0 Å². The summed E-state index contributed by atoms with van der Waals surface area (Å²) in [6.45, 7) is 4.76. The van der Waals surface area contributed by atoms with Crippen molar-refractivity contribution >= 4 is 23.3 Å². The van der Waals surface area contributed by atoms with Crippen LogP contribution in [0.4, 0.5) is 5.69 Å². The Bertz CT molecular complexity index is 966. The topological polar surface area (TPSA) is 120 Å². The van der Waals surface area contributed by atoms with E-state index in [0.717, 1.165) is 6.42 Å². The number of ether oxygens (including phenoxy) is 1. The number of rotatable bonds is 7. The van der Waals surface area contributed by atoms with E-state index in [0.29, 0.717) is 53.6 Å². The summed E-state index contributed by atoms with van der Waals surface area (Å²) < 4.78 is 6.70. The number of hydrogen-bond acceptors (Lipinski definition) is 6. The van der Waals surface area contributed by atoms with Crippen molar-refractivity contribution in [3.8, 4) is 5.69 Å². The molecule has 9 heteroatoms. The summed E-state index contributed by atoms with van der Waals surface area (Å²) in [4.78, 5) is 37.7. The summed E-state index contributed by atoms with van der Waals surface area (Å²) in [5.41, 5.74) is 8.95. The number of carbonyl (C=O) groups excluding carboxylic acids is 3. The Morgan fingerprint density at radius 3 is 2.72 bits per heavy atom. The lowest BCUT2D eigenvalue weighted by atomic mass is 10.0. The number of primary amides is 1. The van der Waals surface area contributed by atoms with Crippen LogP contribution in [-0.4, -0.2) is 59.1 Å². The van der Waals surface area contributed by atoms with Crippen molar-refractivity contribution in [1.29, 1.82) is 0 Å². The number of hydrogen-bond donors (Lipinski definition) is 2. The summed E-state index contributed by atoms with van der Waals surface area (Å²) in [5, 5.41) is 7.73. The second kappa shape index (κ2) is 8.44. The number of benzene rings is 1. The lowest BCUT2D eigenvalue weighted by Gasteiger charge is -2.26. The third-order valence-corrected chi connectivity index (χ3v) is 4.91. The highest BCUT2D eigenvalue weighted by atomic mass is 16.5. The maximum Gasteiger partial charge on any atom is 0.250 e. The van der Waals surface area contributed by atoms with Crippen molar-refractivity contribution in [2.24, 2.45) is 5.73 Å². The molecule has 29 heavy (non-hydrogen) atoms. The second-order valence-corrected chi connectivity index (χ2v) is 6.98. The number of nitrogens with one attached hydrogen (secondary N) is 1. The van der Waals surface area contributed by atoms with Gasteiger partial charge in [-0.05, 0) is 31.5 Å². The Kier molecular flexibility index (Phi) is 5.97. The predicted octanol–water partition coefficient (Wildman–Crippen LogP) is 1.27. The van der Waals surface area contributed by atoms with Crippen molar-refractivity contribution < 1.29 is 19.1 Å². The van der Waals surface area contributed by atoms with E-state index in [9.17, 15) is 14.4 Å². The van der Waals surface area contributed by atoms with Gasteiger partial charge in [0.2, 0.25) is 5.91 Å².